The van der Waals surface area contributed by atoms with Gasteiger partial charge >= 0.3 is 11.9 Å². The second-order valence-corrected chi connectivity index (χ2v) is 7.76. The highest BCUT2D eigenvalue weighted by atomic mass is 32.1. The number of thiophene rings is 1. The number of hydrogen-bond acceptors (Lipinski definition) is 6. The Morgan fingerprint density at radius 1 is 1.14 bits per heavy atom. The number of rotatable bonds is 10. The zero-order valence-corrected chi connectivity index (χ0v) is 16.3. The normalized spacial score (nSPS) is 15.4. The molecule has 0 aliphatic carbocycles. The van der Waals surface area contributed by atoms with Gasteiger partial charge in [-0.25, -0.2) is 0 Å². The molecule has 28 heavy (non-hydrogen) atoms. The Morgan fingerprint density at radius 3 is 2.36 bits per heavy atom. The summed E-state index contributed by atoms with van der Waals surface area (Å²) in [4.78, 5) is 37.1. The molecule has 0 aliphatic heterocycles. The van der Waals surface area contributed by atoms with E-state index in [0.717, 1.165) is 0 Å². The number of nitrogens with two attached hydrogens (primary N) is 2. The summed E-state index contributed by atoms with van der Waals surface area (Å²) < 4.78 is 0. The molecule has 0 bridgehead atoms. The Hall–Kier alpha value is -2.55. The number of carbonyl (C=O) groups is 3. The van der Waals surface area contributed by atoms with E-state index in [1.807, 2.05) is 0 Å². The number of carboxylic acid groups (broad SMARTS) is 2. The topological polar surface area (TPSA) is 144 Å². The summed E-state index contributed by atoms with van der Waals surface area (Å²) in [5, 5.41) is 21.1. The van der Waals surface area contributed by atoms with Crippen molar-refractivity contribution in [2.45, 2.75) is 31.2 Å². The first-order valence-electron chi connectivity index (χ1n) is 8.83. The van der Waals surface area contributed by atoms with Crippen LogP contribution in [-0.4, -0.2) is 40.5 Å². The van der Waals surface area contributed by atoms with E-state index >= 15 is 0 Å². The second kappa shape index (κ2) is 9.09. The van der Waals surface area contributed by atoms with Gasteiger partial charge in [-0.05, 0) is 49.2 Å². The summed E-state index contributed by atoms with van der Waals surface area (Å²) in [6.07, 6.45) is 0.183. The van der Waals surface area contributed by atoms with E-state index in [1.165, 1.54) is 18.3 Å². The summed E-state index contributed by atoms with van der Waals surface area (Å²) in [5.74, 6) is -3.31. The second-order valence-electron chi connectivity index (χ2n) is 6.81. The first-order valence-corrected chi connectivity index (χ1v) is 9.71. The molecule has 8 heteroatoms. The maximum Gasteiger partial charge on any atom is 0.320 e. The molecule has 0 saturated heterocycles. The van der Waals surface area contributed by atoms with Gasteiger partial charge in [0.15, 0.2) is 0 Å². The average Bonchev–Trinajstić information content (AvgIpc) is 3.20. The van der Waals surface area contributed by atoms with Gasteiger partial charge < -0.3 is 21.7 Å². The summed E-state index contributed by atoms with van der Waals surface area (Å²) in [6.45, 7) is 1.67. The van der Waals surface area contributed by atoms with E-state index in [-0.39, 0.29) is 30.7 Å². The average molecular weight is 404 g/mol. The van der Waals surface area contributed by atoms with Gasteiger partial charge in [0.05, 0.1) is 10.3 Å². The molecule has 0 fully saturated rings. The van der Waals surface area contributed by atoms with Gasteiger partial charge in [-0.1, -0.05) is 30.3 Å². The molecule has 2 rings (SSSR count). The number of carboxylic acids is 2. The van der Waals surface area contributed by atoms with Crippen LogP contribution in [0.2, 0.25) is 0 Å². The molecule has 2 aromatic rings. The molecule has 0 saturated carbocycles. The molecule has 1 heterocycles. The maximum absolute atomic E-state index is 13.0. The molecule has 150 valence electrons. The molecule has 2 unspecified atom stereocenters. The number of benzene rings is 1. The van der Waals surface area contributed by atoms with E-state index in [2.05, 4.69) is 0 Å². The van der Waals surface area contributed by atoms with E-state index in [0.29, 0.717) is 10.4 Å². The Bertz CT molecular complexity index is 852. The van der Waals surface area contributed by atoms with Crippen molar-refractivity contribution in [3.63, 3.8) is 0 Å². The van der Waals surface area contributed by atoms with Gasteiger partial charge in [0, 0.05) is 5.56 Å². The molecule has 7 nitrogen and oxygen atoms in total. The van der Waals surface area contributed by atoms with E-state index in [9.17, 15) is 24.6 Å². The monoisotopic (exact) mass is 404 g/mol. The summed E-state index contributed by atoms with van der Waals surface area (Å²) in [7, 11) is 0. The fourth-order valence-corrected chi connectivity index (χ4v) is 4.11. The lowest BCUT2D eigenvalue weighted by Gasteiger charge is -2.36. The van der Waals surface area contributed by atoms with Crippen LogP contribution >= 0.6 is 11.3 Å². The van der Waals surface area contributed by atoms with Gasteiger partial charge in [-0.15, -0.1) is 11.3 Å². The fraction of sp³-hybridized carbons (Fsp3) is 0.350. The number of ketones is 1. The molecule has 0 spiro atoms. The summed E-state index contributed by atoms with van der Waals surface area (Å²) in [6, 6.07) is 8.74. The molecule has 3 atom stereocenters. The van der Waals surface area contributed by atoms with E-state index < -0.39 is 29.3 Å². The zero-order chi connectivity index (χ0) is 20.9. The van der Waals surface area contributed by atoms with Gasteiger partial charge in [-0.3, -0.25) is 14.4 Å². The fourth-order valence-electron chi connectivity index (χ4n) is 3.43. The molecule has 0 radical (unpaired) electrons. The zero-order valence-electron chi connectivity index (χ0n) is 15.5. The van der Waals surface area contributed by atoms with Crippen molar-refractivity contribution in [2.24, 2.45) is 17.4 Å². The highest BCUT2D eigenvalue weighted by molar-refractivity contribution is 7.12. The highest BCUT2D eigenvalue weighted by Gasteiger charge is 2.45. The van der Waals surface area contributed by atoms with Crippen LogP contribution in [0, 0.1) is 5.92 Å². The first kappa shape index (κ1) is 21.7. The predicted molar refractivity (Wildman–Crippen MR) is 107 cm³/mol. The lowest BCUT2D eigenvalue weighted by molar-refractivity contribution is -0.147. The Morgan fingerprint density at radius 2 is 1.82 bits per heavy atom. The third kappa shape index (κ3) is 4.30. The lowest BCUT2D eigenvalue weighted by Crippen LogP contribution is -2.46. The largest absolute Gasteiger partial charge is 0.481 e. The van der Waals surface area contributed by atoms with Gasteiger partial charge in [0.25, 0.3) is 0 Å². The molecular weight excluding hydrogens is 380 g/mol. The minimum absolute atomic E-state index is 0.0726. The van der Waals surface area contributed by atoms with Crippen LogP contribution in [0.15, 0.2) is 41.8 Å². The molecule has 1 aromatic carbocycles. The number of aliphatic carboxylic acids is 2. The van der Waals surface area contributed by atoms with Crippen LogP contribution in [0.5, 0.6) is 0 Å². The number of hydrogen-bond donors (Lipinski definition) is 4. The minimum Gasteiger partial charge on any atom is -0.481 e. The molecule has 1 aromatic heterocycles. The van der Waals surface area contributed by atoms with Crippen molar-refractivity contribution in [1.29, 1.82) is 0 Å². The maximum atomic E-state index is 13.0. The van der Waals surface area contributed by atoms with Crippen LogP contribution in [-0.2, 0) is 15.0 Å². The molecule has 0 aliphatic rings. The van der Waals surface area contributed by atoms with Crippen molar-refractivity contribution < 1.29 is 24.6 Å². The van der Waals surface area contributed by atoms with Crippen molar-refractivity contribution in [2.75, 3.05) is 6.54 Å². The van der Waals surface area contributed by atoms with Crippen LogP contribution in [0.3, 0.4) is 0 Å². The van der Waals surface area contributed by atoms with Crippen molar-refractivity contribution >= 4 is 29.1 Å². The van der Waals surface area contributed by atoms with E-state index in [4.69, 9.17) is 11.5 Å². The van der Waals surface area contributed by atoms with Crippen LogP contribution in [0.1, 0.15) is 40.6 Å². The minimum atomic E-state index is -1.53. The Kier molecular flexibility index (Phi) is 7.06. The quantitative estimate of drug-likeness (QED) is 0.444. The first-order chi connectivity index (χ1) is 13.2. The Labute approximate surface area is 167 Å². The molecule has 6 N–H and O–H groups in total. The van der Waals surface area contributed by atoms with Crippen LogP contribution < -0.4 is 11.5 Å². The molecular formula is C20H24N2O5S. The van der Waals surface area contributed by atoms with Crippen molar-refractivity contribution in [3.05, 3.63) is 57.8 Å². The van der Waals surface area contributed by atoms with Crippen molar-refractivity contribution in [1.82, 2.24) is 0 Å². The Balaban J connectivity index is 2.59. The standard InChI is InChI=1S/C20H24N2O5S/c1-20(19(26)27,12(8-9-21)11-15(22)18(24)25)14-6-3-2-5-13(14)17(23)16-7-4-10-28-16/h2-7,10,12,15H,8-9,11,21-22H2,1H3,(H,24,25)(H,26,27)/t12?,15-,20?/m0/s1. The third-order valence-corrected chi connectivity index (χ3v) is 5.98. The van der Waals surface area contributed by atoms with Crippen molar-refractivity contribution in [3.8, 4) is 0 Å². The SMILES string of the molecule is CC(C(=O)O)(c1ccccc1C(=O)c1cccs1)C(CCN)C[C@H](N)C(=O)O. The van der Waals surface area contributed by atoms with Crippen LogP contribution in [0.25, 0.3) is 0 Å². The van der Waals surface area contributed by atoms with Gasteiger partial charge in [-0.2, -0.15) is 0 Å². The third-order valence-electron chi connectivity index (χ3n) is 5.11. The summed E-state index contributed by atoms with van der Waals surface area (Å²) in [5.41, 5.74) is 10.5. The predicted octanol–water partition coefficient (Wildman–Crippen LogP) is 2.09. The highest BCUT2D eigenvalue weighted by Crippen LogP contribution is 2.39. The smallest absolute Gasteiger partial charge is 0.320 e. The van der Waals surface area contributed by atoms with E-state index in [1.54, 1.807) is 41.8 Å². The van der Waals surface area contributed by atoms with Gasteiger partial charge in [0.1, 0.15) is 6.04 Å². The summed E-state index contributed by atoms with van der Waals surface area (Å²) >= 11 is 1.27. The van der Waals surface area contributed by atoms with Gasteiger partial charge in [0.2, 0.25) is 5.78 Å². The lowest BCUT2D eigenvalue weighted by atomic mass is 9.66. The number of carbonyl (C=O) groups excluding carboxylic acids is 1. The van der Waals surface area contributed by atoms with Crippen LogP contribution in [0.4, 0.5) is 0 Å². The molecule has 0 amide bonds.